The molecule has 0 N–H and O–H groups in total. The predicted molar refractivity (Wildman–Crippen MR) is 104 cm³/mol. The SMILES string of the molecule is COC(=O)[C@H](C)[N+]1(C=O)CC[C@H]2CCCCCCCCCC[C@H]2[C@@H](C)C1. The summed E-state index contributed by atoms with van der Waals surface area (Å²) < 4.78 is 5.23. The minimum absolute atomic E-state index is 0.251. The normalized spacial score (nSPS) is 35.7. The van der Waals surface area contributed by atoms with Crippen molar-refractivity contribution in [3.05, 3.63) is 0 Å². The van der Waals surface area contributed by atoms with E-state index in [1.54, 1.807) is 0 Å². The number of methoxy groups -OCH3 is 1. The van der Waals surface area contributed by atoms with E-state index in [1.165, 1.54) is 71.3 Å². The third kappa shape index (κ3) is 5.31. The van der Waals surface area contributed by atoms with Crippen LogP contribution in [0.1, 0.15) is 84.5 Å². The summed E-state index contributed by atoms with van der Waals surface area (Å²) in [6.45, 7) is 5.74. The van der Waals surface area contributed by atoms with E-state index in [2.05, 4.69) is 6.92 Å². The average molecular weight is 367 g/mol. The number of ether oxygens (including phenoxy) is 1. The van der Waals surface area contributed by atoms with Crippen molar-refractivity contribution in [1.29, 1.82) is 0 Å². The second-order valence-corrected chi connectivity index (χ2v) is 8.91. The fourth-order valence-electron chi connectivity index (χ4n) is 5.49. The van der Waals surface area contributed by atoms with E-state index in [-0.39, 0.29) is 10.5 Å². The van der Waals surface area contributed by atoms with Crippen molar-refractivity contribution >= 4 is 12.4 Å². The number of carbonyl (C=O) groups is 2. The van der Waals surface area contributed by atoms with Crippen molar-refractivity contribution in [2.75, 3.05) is 20.2 Å². The zero-order chi connectivity index (χ0) is 19.0. The third-order valence-electron chi connectivity index (χ3n) is 7.27. The summed E-state index contributed by atoms with van der Waals surface area (Å²) in [6.07, 6.45) is 15.6. The van der Waals surface area contributed by atoms with Gasteiger partial charge in [0.1, 0.15) is 0 Å². The van der Waals surface area contributed by atoms with E-state index < -0.39 is 6.04 Å². The van der Waals surface area contributed by atoms with Crippen molar-refractivity contribution in [2.45, 2.75) is 90.5 Å². The summed E-state index contributed by atoms with van der Waals surface area (Å²) in [4.78, 5) is 24.3. The van der Waals surface area contributed by atoms with Crippen LogP contribution in [-0.2, 0) is 14.3 Å². The molecule has 0 aromatic heterocycles. The predicted octanol–water partition coefficient (Wildman–Crippen LogP) is 4.71. The minimum atomic E-state index is -0.401. The summed E-state index contributed by atoms with van der Waals surface area (Å²) in [5.41, 5.74) is 0. The molecule has 2 fully saturated rings. The lowest BCUT2D eigenvalue weighted by Gasteiger charge is -2.37. The number of esters is 1. The lowest BCUT2D eigenvalue weighted by molar-refractivity contribution is -0.863. The molecule has 0 radical (unpaired) electrons. The van der Waals surface area contributed by atoms with Crippen molar-refractivity contribution in [2.24, 2.45) is 17.8 Å². The Balaban J connectivity index is 2.16. The standard InChI is InChI=1S/C22H40NO3/c1-18-16-23(17-24,19(2)22(25)26-3)15-14-20-12-10-8-6-4-5-7-9-11-13-21(18)20/h17-21H,4-16H2,1-3H3/q+1/t18-,19-,20+,21-,23?/m0/s1. The van der Waals surface area contributed by atoms with Crippen LogP contribution < -0.4 is 0 Å². The zero-order valence-corrected chi connectivity index (χ0v) is 17.3. The molecule has 0 aromatic carbocycles. The largest absolute Gasteiger partial charge is 0.465 e. The molecule has 1 aliphatic heterocycles. The highest BCUT2D eigenvalue weighted by Gasteiger charge is 2.45. The number of nitrogens with zero attached hydrogens (tertiary/aromatic N) is 1. The van der Waals surface area contributed by atoms with Gasteiger partial charge in [0.25, 0.3) is 0 Å². The topological polar surface area (TPSA) is 43.4 Å². The van der Waals surface area contributed by atoms with Gasteiger partial charge in [-0.25, -0.2) is 9.59 Å². The molecule has 1 heterocycles. The van der Waals surface area contributed by atoms with Gasteiger partial charge in [-0.05, 0) is 31.6 Å². The first-order valence-corrected chi connectivity index (χ1v) is 10.9. The number of carbonyl (C=O) groups excluding carboxylic acids is 2. The first-order valence-electron chi connectivity index (χ1n) is 10.9. The maximum Gasteiger partial charge on any atom is 0.364 e. The van der Waals surface area contributed by atoms with Crippen LogP contribution in [0, 0.1) is 17.8 Å². The van der Waals surface area contributed by atoms with Gasteiger partial charge in [0.2, 0.25) is 0 Å². The highest BCUT2D eigenvalue weighted by Crippen LogP contribution is 2.39. The molecule has 0 bridgehead atoms. The lowest BCUT2D eigenvalue weighted by Crippen LogP contribution is -2.58. The van der Waals surface area contributed by atoms with Gasteiger partial charge in [-0.15, -0.1) is 0 Å². The second kappa shape index (κ2) is 10.4. The maximum atomic E-state index is 12.2. The second-order valence-electron chi connectivity index (χ2n) is 8.91. The number of hydrogen-bond acceptors (Lipinski definition) is 3. The summed E-state index contributed by atoms with van der Waals surface area (Å²) in [5, 5.41) is 0. The number of hydrogen-bond donors (Lipinski definition) is 0. The molecule has 2 aliphatic rings. The van der Waals surface area contributed by atoms with Gasteiger partial charge in [0.15, 0.2) is 6.04 Å². The van der Waals surface area contributed by atoms with Gasteiger partial charge in [0, 0.05) is 12.3 Å². The van der Waals surface area contributed by atoms with E-state index >= 15 is 0 Å². The molecule has 0 aromatic rings. The van der Waals surface area contributed by atoms with Gasteiger partial charge < -0.3 is 4.74 Å². The summed E-state index contributed by atoms with van der Waals surface area (Å²) in [7, 11) is 1.43. The molecule has 4 heteroatoms. The third-order valence-corrected chi connectivity index (χ3v) is 7.27. The summed E-state index contributed by atoms with van der Waals surface area (Å²) in [5.74, 6) is 1.61. The van der Waals surface area contributed by atoms with Gasteiger partial charge in [0.05, 0.1) is 20.2 Å². The van der Waals surface area contributed by atoms with Gasteiger partial charge in [-0.3, -0.25) is 4.48 Å². The molecule has 5 atom stereocenters. The molecule has 1 saturated carbocycles. The van der Waals surface area contributed by atoms with Crippen LogP contribution in [0.25, 0.3) is 0 Å². The van der Waals surface area contributed by atoms with Crippen molar-refractivity contribution < 1.29 is 18.8 Å². The number of rotatable bonds is 3. The number of fused-ring (bicyclic) bond motifs is 1. The minimum Gasteiger partial charge on any atom is -0.465 e. The zero-order valence-electron chi connectivity index (χ0n) is 17.3. The number of amides is 1. The fourth-order valence-corrected chi connectivity index (χ4v) is 5.49. The van der Waals surface area contributed by atoms with Gasteiger partial charge >= 0.3 is 12.4 Å². The average Bonchev–Trinajstić information content (AvgIpc) is 2.77. The molecule has 1 aliphatic carbocycles. The highest BCUT2D eigenvalue weighted by atomic mass is 16.5. The van der Waals surface area contributed by atoms with Crippen molar-refractivity contribution in [3.63, 3.8) is 0 Å². The van der Waals surface area contributed by atoms with E-state index in [1.807, 2.05) is 6.92 Å². The first kappa shape index (κ1) is 21.4. The van der Waals surface area contributed by atoms with E-state index in [4.69, 9.17) is 4.74 Å². The van der Waals surface area contributed by atoms with Gasteiger partial charge in [-0.1, -0.05) is 58.3 Å². The monoisotopic (exact) mass is 366 g/mol. The van der Waals surface area contributed by atoms with E-state index in [0.29, 0.717) is 17.8 Å². The lowest BCUT2D eigenvalue weighted by atomic mass is 9.76. The van der Waals surface area contributed by atoms with Crippen LogP contribution >= 0.6 is 0 Å². The van der Waals surface area contributed by atoms with Crippen LogP contribution in [0.15, 0.2) is 0 Å². The fraction of sp³-hybridized carbons (Fsp3) is 0.909. The Kier molecular flexibility index (Phi) is 8.59. The highest BCUT2D eigenvalue weighted by molar-refractivity contribution is 5.75. The Morgan fingerprint density at radius 3 is 2.15 bits per heavy atom. The summed E-state index contributed by atoms with van der Waals surface area (Å²) >= 11 is 0. The molecule has 150 valence electrons. The molecule has 1 unspecified atom stereocenters. The van der Waals surface area contributed by atoms with Crippen molar-refractivity contribution in [1.82, 2.24) is 0 Å². The van der Waals surface area contributed by atoms with Gasteiger partial charge in [-0.2, -0.15) is 0 Å². The van der Waals surface area contributed by atoms with Crippen molar-refractivity contribution in [3.8, 4) is 0 Å². The van der Waals surface area contributed by atoms with Crippen LogP contribution in [0.5, 0.6) is 0 Å². The Hall–Kier alpha value is -0.900. The number of quaternary nitrogens is 1. The maximum absolute atomic E-state index is 12.2. The van der Waals surface area contributed by atoms with Crippen LogP contribution in [0.2, 0.25) is 0 Å². The van der Waals surface area contributed by atoms with Crippen LogP contribution in [0.3, 0.4) is 0 Å². The summed E-state index contributed by atoms with van der Waals surface area (Å²) in [6, 6.07) is -0.401. The molecule has 1 saturated heterocycles. The van der Waals surface area contributed by atoms with Crippen LogP contribution in [-0.4, -0.2) is 43.1 Å². The quantitative estimate of drug-likeness (QED) is 0.413. The Morgan fingerprint density at radius 1 is 1.00 bits per heavy atom. The Morgan fingerprint density at radius 2 is 1.58 bits per heavy atom. The Bertz CT molecular complexity index is 453. The van der Waals surface area contributed by atoms with Crippen LogP contribution in [0.4, 0.5) is 0 Å². The molecule has 4 nitrogen and oxygen atoms in total. The molecule has 2 rings (SSSR count). The molecule has 0 spiro atoms. The first-order chi connectivity index (χ1) is 12.5. The Labute approximate surface area is 160 Å². The molecule has 1 amide bonds. The molecule has 26 heavy (non-hydrogen) atoms. The van der Waals surface area contributed by atoms with E-state index in [9.17, 15) is 9.59 Å². The smallest absolute Gasteiger partial charge is 0.364 e. The molecular formula is C22H40NO3+. The van der Waals surface area contributed by atoms with E-state index in [0.717, 1.165) is 25.9 Å². The number of likely N-dealkylation sites (tertiary alicyclic amines) is 1. The molecular weight excluding hydrogens is 326 g/mol.